The zero-order valence-electron chi connectivity index (χ0n) is 14.9. The van der Waals surface area contributed by atoms with E-state index in [4.69, 9.17) is 21.1 Å². The molecule has 0 saturated heterocycles. The van der Waals surface area contributed by atoms with Crippen molar-refractivity contribution in [1.82, 2.24) is 14.8 Å². The summed E-state index contributed by atoms with van der Waals surface area (Å²) in [5, 5.41) is 9.49. The Balaban J connectivity index is 1.54. The van der Waals surface area contributed by atoms with Crippen molar-refractivity contribution < 1.29 is 19.1 Å². The van der Waals surface area contributed by atoms with Crippen LogP contribution >= 0.6 is 22.9 Å². The number of aromatic nitrogens is 3. The summed E-state index contributed by atoms with van der Waals surface area (Å²) in [6.45, 7) is 2.19. The fourth-order valence-electron chi connectivity index (χ4n) is 2.22. The summed E-state index contributed by atoms with van der Waals surface area (Å²) in [6, 6.07) is 8.57. The van der Waals surface area contributed by atoms with Crippen LogP contribution in [0, 0.1) is 0 Å². The Labute approximate surface area is 170 Å². The van der Waals surface area contributed by atoms with Crippen molar-refractivity contribution in [3.8, 4) is 5.75 Å². The molecule has 2 aromatic heterocycles. The molecule has 0 aliphatic heterocycles. The molecule has 0 bridgehead atoms. The molecule has 3 aromatic rings. The number of thiazole rings is 1. The molecule has 1 amide bonds. The number of rotatable bonds is 8. The third kappa shape index (κ3) is 5.54. The summed E-state index contributed by atoms with van der Waals surface area (Å²) in [5.41, 5.74) is 0.760. The minimum atomic E-state index is -0.404. The molecule has 8 nitrogen and oxygen atoms in total. The van der Waals surface area contributed by atoms with Gasteiger partial charge in [-0.3, -0.25) is 14.9 Å². The first kappa shape index (κ1) is 19.8. The van der Waals surface area contributed by atoms with Gasteiger partial charge in [-0.1, -0.05) is 17.7 Å². The Morgan fingerprint density at radius 1 is 1.32 bits per heavy atom. The number of carbonyl (C=O) groups excluding carboxylic acids is 2. The van der Waals surface area contributed by atoms with Crippen LogP contribution < -0.4 is 10.1 Å². The molecule has 3 rings (SSSR count). The summed E-state index contributed by atoms with van der Waals surface area (Å²) in [7, 11) is 0. The van der Waals surface area contributed by atoms with Crippen LogP contribution in [0.15, 0.2) is 41.9 Å². The normalized spacial score (nSPS) is 10.5. The fourth-order valence-corrected chi connectivity index (χ4v) is 3.10. The number of nitrogens with one attached hydrogen (secondary N) is 1. The summed E-state index contributed by atoms with van der Waals surface area (Å²) in [4.78, 5) is 28.0. The lowest BCUT2D eigenvalue weighted by atomic mass is 10.3. The highest BCUT2D eigenvalue weighted by Crippen LogP contribution is 2.18. The van der Waals surface area contributed by atoms with Gasteiger partial charge in [-0.15, -0.1) is 11.3 Å². The van der Waals surface area contributed by atoms with Crippen molar-refractivity contribution >= 4 is 39.9 Å². The first-order valence-corrected chi connectivity index (χ1v) is 9.62. The monoisotopic (exact) mass is 420 g/mol. The molecule has 0 unspecified atom stereocenters. The Bertz CT molecular complexity index is 972. The van der Waals surface area contributed by atoms with Gasteiger partial charge in [0.1, 0.15) is 5.75 Å². The van der Waals surface area contributed by atoms with E-state index >= 15 is 0 Å². The van der Waals surface area contributed by atoms with Gasteiger partial charge in [-0.25, -0.2) is 9.67 Å². The van der Waals surface area contributed by atoms with E-state index in [1.807, 2.05) is 0 Å². The molecule has 146 valence electrons. The summed E-state index contributed by atoms with van der Waals surface area (Å²) in [5.74, 6) is -0.159. The van der Waals surface area contributed by atoms with Crippen molar-refractivity contribution in [3.63, 3.8) is 0 Å². The number of ether oxygens (including phenoxy) is 2. The Kier molecular flexibility index (Phi) is 6.62. The van der Waals surface area contributed by atoms with Gasteiger partial charge in [0.15, 0.2) is 17.6 Å². The van der Waals surface area contributed by atoms with E-state index in [9.17, 15) is 9.59 Å². The largest absolute Gasteiger partial charge is 0.471 e. The average molecular weight is 421 g/mol. The molecule has 1 aromatic carbocycles. The summed E-state index contributed by atoms with van der Waals surface area (Å²) >= 11 is 7.13. The van der Waals surface area contributed by atoms with Crippen molar-refractivity contribution in [2.45, 2.75) is 20.1 Å². The van der Waals surface area contributed by atoms with Gasteiger partial charge in [-0.2, -0.15) is 5.10 Å². The molecule has 28 heavy (non-hydrogen) atoms. The molecule has 0 aliphatic carbocycles. The van der Waals surface area contributed by atoms with Crippen molar-refractivity contribution in [2.75, 3.05) is 11.9 Å². The third-order valence-corrected chi connectivity index (χ3v) is 4.48. The molecule has 2 heterocycles. The van der Waals surface area contributed by atoms with E-state index in [1.54, 1.807) is 48.8 Å². The number of nitrogens with zero attached hydrogens (tertiary/aromatic N) is 3. The van der Waals surface area contributed by atoms with E-state index in [2.05, 4.69) is 15.4 Å². The number of amides is 1. The molecule has 10 heteroatoms. The predicted molar refractivity (Wildman–Crippen MR) is 105 cm³/mol. The standard InChI is InChI=1S/C18H17ClN4O4S/c1-2-26-16(24)9-13-10-28-18(20-13)21-17(25)15-6-7-23(22-15)11-27-14-5-3-4-12(19)8-14/h3-8,10H,2,9,11H2,1H3,(H,20,21,25). The lowest BCUT2D eigenvalue weighted by Crippen LogP contribution is -2.14. The number of benzene rings is 1. The number of halogens is 1. The van der Waals surface area contributed by atoms with Crippen LogP contribution in [0.1, 0.15) is 23.1 Å². The molecule has 0 radical (unpaired) electrons. The molecule has 0 fully saturated rings. The molecule has 0 atom stereocenters. The summed E-state index contributed by atoms with van der Waals surface area (Å²) < 4.78 is 11.9. The summed E-state index contributed by atoms with van der Waals surface area (Å²) in [6.07, 6.45) is 1.70. The highest BCUT2D eigenvalue weighted by molar-refractivity contribution is 7.14. The highest BCUT2D eigenvalue weighted by Gasteiger charge is 2.14. The topological polar surface area (TPSA) is 95.3 Å². The lowest BCUT2D eigenvalue weighted by molar-refractivity contribution is -0.142. The van der Waals surface area contributed by atoms with Crippen LogP contribution in [-0.2, 0) is 22.7 Å². The maximum Gasteiger partial charge on any atom is 0.311 e. The SMILES string of the molecule is CCOC(=O)Cc1csc(NC(=O)c2ccn(COc3cccc(Cl)c3)n2)n1. The molecule has 0 spiro atoms. The Hall–Kier alpha value is -2.91. The second-order valence-corrected chi connectivity index (χ2v) is 6.85. The number of anilines is 1. The second-order valence-electron chi connectivity index (χ2n) is 5.55. The average Bonchev–Trinajstić information content (AvgIpc) is 3.30. The van der Waals surface area contributed by atoms with E-state index in [0.29, 0.717) is 28.2 Å². The zero-order valence-corrected chi connectivity index (χ0v) is 16.5. The van der Waals surface area contributed by atoms with Crippen molar-refractivity contribution in [3.05, 3.63) is 58.3 Å². The quantitative estimate of drug-likeness (QED) is 0.561. The number of esters is 1. The number of carbonyl (C=O) groups is 2. The smallest absolute Gasteiger partial charge is 0.311 e. The van der Waals surface area contributed by atoms with Crippen LogP contribution in [0.2, 0.25) is 5.02 Å². The van der Waals surface area contributed by atoms with Gasteiger partial charge in [0.25, 0.3) is 5.91 Å². The fraction of sp³-hybridized carbons (Fsp3) is 0.222. The maximum atomic E-state index is 12.3. The molecule has 1 N–H and O–H groups in total. The number of hydrogen-bond donors (Lipinski definition) is 1. The minimum Gasteiger partial charge on any atom is -0.471 e. The van der Waals surface area contributed by atoms with Crippen LogP contribution in [-0.4, -0.2) is 33.2 Å². The van der Waals surface area contributed by atoms with Crippen LogP contribution in [0.5, 0.6) is 5.75 Å². The molecule has 0 saturated carbocycles. The van der Waals surface area contributed by atoms with E-state index in [0.717, 1.165) is 0 Å². The van der Waals surface area contributed by atoms with Gasteiger partial charge in [0.2, 0.25) is 0 Å². The first-order valence-electron chi connectivity index (χ1n) is 8.36. The highest BCUT2D eigenvalue weighted by atomic mass is 35.5. The van der Waals surface area contributed by atoms with Crippen LogP contribution in [0.25, 0.3) is 0 Å². The second kappa shape index (κ2) is 9.34. The van der Waals surface area contributed by atoms with Crippen LogP contribution in [0.4, 0.5) is 5.13 Å². The minimum absolute atomic E-state index is 0.0652. The van der Waals surface area contributed by atoms with E-state index in [1.165, 1.54) is 16.0 Å². The van der Waals surface area contributed by atoms with E-state index < -0.39 is 5.91 Å². The van der Waals surface area contributed by atoms with Crippen LogP contribution in [0.3, 0.4) is 0 Å². The van der Waals surface area contributed by atoms with Crippen molar-refractivity contribution in [1.29, 1.82) is 0 Å². The van der Waals surface area contributed by atoms with Crippen molar-refractivity contribution in [2.24, 2.45) is 0 Å². The Morgan fingerprint density at radius 3 is 2.96 bits per heavy atom. The van der Waals surface area contributed by atoms with Gasteiger partial charge in [0, 0.05) is 16.6 Å². The number of hydrogen-bond acceptors (Lipinski definition) is 7. The van der Waals surface area contributed by atoms with Gasteiger partial charge in [-0.05, 0) is 31.2 Å². The molecular formula is C18H17ClN4O4S. The predicted octanol–water partition coefficient (Wildman–Crippen LogP) is 3.39. The zero-order chi connectivity index (χ0) is 19.9. The third-order valence-electron chi connectivity index (χ3n) is 3.44. The van der Waals surface area contributed by atoms with Gasteiger partial charge < -0.3 is 9.47 Å². The van der Waals surface area contributed by atoms with Gasteiger partial charge in [0.05, 0.1) is 18.7 Å². The van der Waals surface area contributed by atoms with E-state index in [-0.39, 0.29) is 24.8 Å². The maximum absolute atomic E-state index is 12.3. The Morgan fingerprint density at radius 2 is 2.18 bits per heavy atom. The molecule has 0 aliphatic rings. The first-order chi connectivity index (χ1) is 13.5. The lowest BCUT2D eigenvalue weighted by Gasteiger charge is -2.06. The molecular weight excluding hydrogens is 404 g/mol. The van der Waals surface area contributed by atoms with Gasteiger partial charge >= 0.3 is 5.97 Å².